The molecule has 42 heteroatoms. The van der Waals surface area contributed by atoms with Crippen molar-refractivity contribution in [1.29, 1.82) is 0 Å². The minimum absolute atomic E-state index is 0. The van der Waals surface area contributed by atoms with Crippen molar-refractivity contribution in [3.05, 3.63) is 189 Å². The smallest absolute Gasteiger partial charge is 1.00 e. The van der Waals surface area contributed by atoms with Crippen LogP contribution in [0.25, 0.3) is 43.6 Å². The number of benzene rings is 6. The zero-order valence-corrected chi connectivity index (χ0v) is 77.7. The zero-order valence-electron chi connectivity index (χ0n) is 69.4. The fourth-order valence-electron chi connectivity index (χ4n) is 9.90. The normalized spacial score (nSPS) is 10.6. The second kappa shape index (κ2) is 55.8. The molecular formula is C81H95BrCl2F8K2N12O17. The average Bonchev–Trinajstić information content (AvgIpc) is 1.64. The summed E-state index contributed by atoms with van der Waals surface area (Å²) in [4.78, 5) is 137. The molecule has 6 aromatic carbocycles. The van der Waals surface area contributed by atoms with Gasteiger partial charge in [-0.3, -0.25) is 76.7 Å². The molecule has 4 heterocycles. The molecule has 0 radical (unpaired) electrons. The Morgan fingerprint density at radius 3 is 1.31 bits per heavy atom. The van der Waals surface area contributed by atoms with Crippen LogP contribution < -0.4 is 124 Å². The van der Waals surface area contributed by atoms with Gasteiger partial charge in [0.15, 0.2) is 17.3 Å². The number of aldehydes is 1. The van der Waals surface area contributed by atoms with Crippen molar-refractivity contribution >= 4 is 154 Å². The van der Waals surface area contributed by atoms with Crippen molar-refractivity contribution in [2.45, 2.75) is 173 Å². The first-order valence-corrected chi connectivity index (χ1v) is 37.2. The van der Waals surface area contributed by atoms with Gasteiger partial charge in [-0.05, 0) is 91.8 Å². The maximum Gasteiger partial charge on any atom is 1.00 e. The number of aliphatic carboxylic acids is 1. The number of ketones is 4. The predicted molar refractivity (Wildman–Crippen MR) is 439 cm³/mol. The monoisotopic (exact) mass is 1890 g/mol. The number of para-hydroxylation sites is 4. The molecule has 0 aliphatic carbocycles. The quantitative estimate of drug-likeness (QED) is 0.00623. The van der Waals surface area contributed by atoms with Crippen molar-refractivity contribution in [3.63, 3.8) is 0 Å². The minimum Gasteiger partial charge on any atom is -1.00 e. The van der Waals surface area contributed by atoms with Crippen LogP contribution in [0.1, 0.15) is 159 Å². The number of rotatable bonds is 22. The Bertz CT molecular complexity index is 5200. The number of hydrogen-bond acceptors (Lipinski definition) is 21. The van der Waals surface area contributed by atoms with Gasteiger partial charge in [0.2, 0.25) is 24.0 Å². The Hall–Kier alpha value is -8.47. The number of carbonyl (C=O) groups excluding carboxylic acids is 11. The number of carboxylic acids is 1. The molecular weight excluding hydrogens is 1790 g/mol. The van der Waals surface area contributed by atoms with Crippen LogP contribution in [-0.2, 0) is 85.4 Å². The molecule has 10 aromatic rings. The molecule has 0 spiro atoms. The van der Waals surface area contributed by atoms with E-state index >= 15 is 0 Å². The van der Waals surface area contributed by atoms with Crippen LogP contribution in [0.3, 0.4) is 0 Å². The number of nitrogens with zero attached hydrogens (tertiary/aromatic N) is 8. The minimum atomic E-state index is -5.03. The van der Waals surface area contributed by atoms with E-state index < -0.39 is 65.2 Å². The van der Waals surface area contributed by atoms with Gasteiger partial charge < -0.3 is 47.0 Å². The fraction of sp³-hybridized carbons (Fsp3) is 0.358. The number of alkyl halides is 7. The number of nitrogens with one attached hydrogen (secondary N) is 4. The zero-order chi connectivity index (χ0) is 90.0. The predicted octanol–water partition coefficient (Wildman–Crippen LogP) is 8.19. The van der Waals surface area contributed by atoms with E-state index in [-0.39, 0.29) is 256 Å². The molecule has 123 heavy (non-hydrogen) atoms. The summed E-state index contributed by atoms with van der Waals surface area (Å²) in [6, 6.07) is 37.0. The molecule has 4 aromatic heterocycles. The van der Waals surface area contributed by atoms with Gasteiger partial charge in [-0.15, -0.1) is 0 Å². The molecule has 3 amide bonds. The molecule has 0 fully saturated rings. The van der Waals surface area contributed by atoms with Crippen molar-refractivity contribution < 1.29 is 222 Å². The van der Waals surface area contributed by atoms with Crippen LogP contribution in [0.4, 0.5) is 35.1 Å². The van der Waals surface area contributed by atoms with E-state index in [9.17, 15) is 83.1 Å². The van der Waals surface area contributed by atoms with Gasteiger partial charge in [0, 0.05) is 78.6 Å². The van der Waals surface area contributed by atoms with Gasteiger partial charge in [0.1, 0.15) is 70.6 Å². The molecule has 0 saturated carbocycles. The first-order chi connectivity index (χ1) is 55.5. The second-order valence-corrected chi connectivity index (χ2v) is 28.7. The van der Waals surface area contributed by atoms with Crippen molar-refractivity contribution in [3.8, 4) is 0 Å². The van der Waals surface area contributed by atoms with Crippen LogP contribution >= 0.6 is 39.1 Å². The van der Waals surface area contributed by atoms with Crippen molar-refractivity contribution in [2.75, 3.05) is 18.4 Å². The summed E-state index contributed by atoms with van der Waals surface area (Å²) in [5.74, 6) is -6.26. The number of aromatic nitrogens is 8. The summed E-state index contributed by atoms with van der Waals surface area (Å²) < 4.78 is 111. The number of Topliss-reactive ketones (excluding diaryl/α,β-unsaturated/α-hetero) is 4. The number of H-pyrrole nitrogens is 1. The van der Waals surface area contributed by atoms with E-state index in [2.05, 4.69) is 62.3 Å². The third kappa shape index (κ3) is 41.0. The largest absolute Gasteiger partial charge is 1.00 e. The third-order valence-electron chi connectivity index (χ3n) is 14.8. The maximum atomic E-state index is 14.0. The van der Waals surface area contributed by atoms with E-state index in [1.165, 1.54) is 71.4 Å². The van der Waals surface area contributed by atoms with Crippen molar-refractivity contribution in [1.82, 2.24) is 60.4 Å². The Kier molecular flexibility index (Phi) is 52.9. The van der Waals surface area contributed by atoms with Gasteiger partial charge in [-0.1, -0.05) is 165 Å². The molecule has 660 valence electrons. The van der Waals surface area contributed by atoms with E-state index in [0.29, 0.717) is 44.5 Å². The molecule has 0 unspecified atom stereocenters. The summed E-state index contributed by atoms with van der Waals surface area (Å²) in [5.41, 5.74) is 2.45. The number of fused-ring (bicyclic) bond motifs is 4. The van der Waals surface area contributed by atoms with Crippen LogP contribution in [0.15, 0.2) is 133 Å². The van der Waals surface area contributed by atoms with Crippen LogP contribution in [0.2, 0.25) is 10.0 Å². The summed E-state index contributed by atoms with van der Waals surface area (Å²) in [5, 5.41) is 46.7. The Labute approximate surface area is 808 Å². The van der Waals surface area contributed by atoms with E-state index in [1.54, 1.807) is 107 Å². The third-order valence-corrected chi connectivity index (χ3v) is 15.9. The molecule has 0 aliphatic heterocycles. The number of amides is 3. The van der Waals surface area contributed by atoms with E-state index in [1.807, 2.05) is 58.9 Å². The summed E-state index contributed by atoms with van der Waals surface area (Å²) in [7, 11) is 0. The molecule has 29 nitrogen and oxygen atoms in total. The summed E-state index contributed by atoms with van der Waals surface area (Å²) in [6.07, 6.45) is -10.7. The van der Waals surface area contributed by atoms with Gasteiger partial charge in [-0.25, -0.2) is 8.78 Å². The number of ether oxygens (including phenoxy) is 2. The number of carboxylic acid groups (broad SMARTS) is 1. The first kappa shape index (κ1) is 117. The molecule has 0 aliphatic rings. The Morgan fingerprint density at radius 1 is 0.569 bits per heavy atom. The molecule has 0 bridgehead atoms. The average molecular weight is 1890 g/mol. The van der Waals surface area contributed by atoms with E-state index in [4.69, 9.17) is 52.6 Å². The number of carbonyl (C=O) groups is 12. The standard InChI is InChI=1S/C23H24ClFN4O3.C15H15F3N2O3.C12H16ClFN2O.C11H10N2O3.C9H8N2O.C6H11BrO2.C2HF3O.CH2O3.2CH4.2K.H/c1-14(2)28(12-20(31)26-11-16-7-6-9-18(24)22(16)25)21(32)13-29-19-10-5-4-8-17(19)23(27-29)15(3)30;1-14(2,3)23-11(21)8-20-10-7-5-4-6-9(10)12(19-20)13(22)15(16,17)18;1-8(2)15-7-11(17)16-6-9-4-3-5-10(13)12(9)14;1-7(14)11-8-4-2-3-5-9(8)13(12-11)6-10(15)16;1-6(12)9-7-4-2-3-5-8(7)10-11-9;1-6(2,3)9-5(8)4-7;3-2(4,5)1-6;2-1-4-3;;;;;/h4-10,14H,11-13H2,1-3H3,(H,26,31);4-7H,8H2,1-3H3;3-5,8,15H,6-7H2,1-2H3,(H,16,17);2-5H,6H2,1H3,(H,15,16);2-5H,1H3,(H,10,11);4H2,1-3H3;1H;1,3H;2*1H4;;;/q;;;;;;;;;;2*+1;-1/p-1. The SMILES string of the molecule is C.C.CC(=O)c1n[nH]c2ccccc12.CC(=O)c1nn(CC(=O)N(CC(=O)NCc2cccc(Cl)c2F)C(C)C)c2ccccc12.CC(=O)c1nn(CC(=O)O)c2ccccc12.CC(C)(C)OC(=O)CBr.CC(C)(C)OC(=O)Cn1nc(C(=O)C(F)(F)F)c2ccccc21.CC(C)NCC(=O)NCc1cccc(Cl)c1F.O=CC(F)(F)F.O=CO[O-].[H-].[K+].[K+]. The van der Waals surface area contributed by atoms with Gasteiger partial charge in [0.05, 0.1) is 45.2 Å². The Balaban J connectivity index is -0.00000142. The van der Waals surface area contributed by atoms with Gasteiger partial charge in [-0.2, -0.15) is 46.7 Å². The number of esters is 2. The van der Waals surface area contributed by atoms with Crippen LogP contribution in [-0.4, -0.2) is 175 Å². The van der Waals surface area contributed by atoms with Crippen LogP contribution in [0, 0.1) is 11.6 Å². The number of aromatic amines is 1. The fourth-order valence-corrected chi connectivity index (χ4v) is 10.4. The molecule has 10 rings (SSSR count). The molecule has 0 atom stereocenters. The maximum absolute atomic E-state index is 14.0. The summed E-state index contributed by atoms with van der Waals surface area (Å²) >= 11 is 14.4. The van der Waals surface area contributed by atoms with Crippen molar-refractivity contribution in [2.24, 2.45) is 0 Å². The van der Waals surface area contributed by atoms with E-state index in [0.717, 1.165) is 15.6 Å². The number of hydrogen-bond donors (Lipinski definition) is 5. The van der Waals surface area contributed by atoms with Crippen LogP contribution in [0.5, 0.6) is 0 Å². The van der Waals surface area contributed by atoms with Gasteiger partial charge >= 0.3 is 133 Å². The molecule has 0 saturated heterocycles. The topological polar surface area (TPSA) is 397 Å². The Morgan fingerprint density at radius 2 is 0.943 bits per heavy atom. The second-order valence-electron chi connectivity index (χ2n) is 27.4. The summed E-state index contributed by atoms with van der Waals surface area (Å²) in [6.45, 7) is 21.6. The first-order valence-electron chi connectivity index (χ1n) is 35.3. The number of halogens is 11. The van der Waals surface area contributed by atoms with Gasteiger partial charge in [0.25, 0.3) is 12.3 Å². The molecule has 5 N–H and O–H groups in total.